The number of carboxylic acid groups (broad SMARTS) is 1. The Morgan fingerprint density at radius 3 is 2.57 bits per heavy atom. The molecule has 0 bridgehead atoms. The Morgan fingerprint density at radius 1 is 1.17 bits per heavy atom. The molecule has 2 heterocycles. The highest BCUT2D eigenvalue weighted by Gasteiger charge is 2.28. The van der Waals surface area contributed by atoms with E-state index in [0.29, 0.717) is 61.2 Å². The molecule has 2 aliphatic rings. The molecule has 0 atom stereocenters. The number of hydrogen-bond acceptors (Lipinski definition) is 4. The summed E-state index contributed by atoms with van der Waals surface area (Å²) < 4.78 is 11.2. The predicted molar refractivity (Wildman–Crippen MR) is 83.3 cm³/mol. The van der Waals surface area contributed by atoms with E-state index in [0.717, 1.165) is 6.42 Å². The van der Waals surface area contributed by atoms with Crippen LogP contribution < -0.4 is 9.47 Å². The maximum absolute atomic E-state index is 12.6. The van der Waals surface area contributed by atoms with Gasteiger partial charge in [0.1, 0.15) is 0 Å². The first-order valence-electron chi connectivity index (χ1n) is 7.67. The van der Waals surface area contributed by atoms with Gasteiger partial charge < -0.3 is 19.5 Å². The van der Waals surface area contributed by atoms with Crippen molar-refractivity contribution in [3.8, 4) is 11.5 Å². The van der Waals surface area contributed by atoms with Crippen LogP contribution in [0.5, 0.6) is 11.5 Å². The molecule has 0 aromatic heterocycles. The molecular weight excluding hydrogens is 322 g/mol. The number of likely N-dealkylation sites (tertiary alicyclic amines) is 1. The number of nitrogens with zero attached hydrogens (tertiary/aromatic N) is 1. The number of rotatable bonds is 2. The molecule has 0 aliphatic carbocycles. The summed E-state index contributed by atoms with van der Waals surface area (Å²) in [6.45, 7) is 1.91. The fraction of sp³-hybridized carbons (Fsp3) is 0.500. The van der Waals surface area contributed by atoms with Crippen LogP contribution in [0.1, 0.15) is 29.6 Å². The van der Waals surface area contributed by atoms with E-state index in [1.54, 1.807) is 17.0 Å². The summed E-state index contributed by atoms with van der Waals surface area (Å²) in [5.41, 5.74) is 0.438. The van der Waals surface area contributed by atoms with Gasteiger partial charge in [-0.05, 0) is 25.0 Å². The van der Waals surface area contributed by atoms with Crippen LogP contribution in [-0.4, -0.2) is 48.2 Å². The Kier molecular flexibility index (Phi) is 4.61. The van der Waals surface area contributed by atoms with E-state index in [-0.39, 0.29) is 11.8 Å². The quantitative estimate of drug-likeness (QED) is 0.895. The molecule has 124 valence electrons. The zero-order valence-electron chi connectivity index (χ0n) is 12.6. The lowest BCUT2D eigenvalue weighted by molar-refractivity contribution is -0.143. The van der Waals surface area contributed by atoms with Crippen molar-refractivity contribution in [1.82, 2.24) is 4.90 Å². The maximum Gasteiger partial charge on any atom is 0.306 e. The zero-order chi connectivity index (χ0) is 16.4. The van der Waals surface area contributed by atoms with E-state index in [9.17, 15) is 9.59 Å². The Balaban J connectivity index is 1.77. The number of carboxylic acids is 1. The third-order valence-electron chi connectivity index (χ3n) is 4.18. The summed E-state index contributed by atoms with van der Waals surface area (Å²) >= 11 is 6.21. The number of carbonyl (C=O) groups excluding carboxylic acids is 1. The van der Waals surface area contributed by atoms with Gasteiger partial charge in [0.05, 0.1) is 24.2 Å². The van der Waals surface area contributed by atoms with Gasteiger partial charge in [-0.3, -0.25) is 9.59 Å². The highest BCUT2D eigenvalue weighted by atomic mass is 35.5. The Morgan fingerprint density at radius 2 is 1.87 bits per heavy atom. The third-order valence-corrected chi connectivity index (χ3v) is 4.46. The van der Waals surface area contributed by atoms with Crippen molar-refractivity contribution in [2.45, 2.75) is 19.3 Å². The van der Waals surface area contributed by atoms with Crippen molar-refractivity contribution >= 4 is 23.5 Å². The number of benzene rings is 1. The van der Waals surface area contributed by atoms with Crippen molar-refractivity contribution in [1.29, 1.82) is 0 Å². The van der Waals surface area contributed by atoms with E-state index in [4.69, 9.17) is 26.2 Å². The summed E-state index contributed by atoms with van der Waals surface area (Å²) in [5, 5.41) is 9.38. The van der Waals surface area contributed by atoms with Crippen LogP contribution in [0.15, 0.2) is 12.1 Å². The molecule has 1 aromatic carbocycles. The molecule has 23 heavy (non-hydrogen) atoms. The van der Waals surface area contributed by atoms with Crippen LogP contribution in [0, 0.1) is 5.92 Å². The van der Waals surface area contributed by atoms with E-state index < -0.39 is 5.97 Å². The van der Waals surface area contributed by atoms with Gasteiger partial charge in [0, 0.05) is 25.1 Å². The molecule has 7 heteroatoms. The second-order valence-corrected chi connectivity index (χ2v) is 6.15. The highest BCUT2D eigenvalue weighted by molar-refractivity contribution is 6.32. The summed E-state index contributed by atoms with van der Waals surface area (Å²) in [6.07, 6.45) is 1.70. The van der Waals surface area contributed by atoms with Crippen molar-refractivity contribution in [3.05, 3.63) is 22.7 Å². The second kappa shape index (κ2) is 6.66. The number of piperidine rings is 1. The smallest absolute Gasteiger partial charge is 0.306 e. The summed E-state index contributed by atoms with van der Waals surface area (Å²) in [7, 11) is 0. The molecule has 1 fully saturated rings. The monoisotopic (exact) mass is 339 g/mol. The van der Waals surface area contributed by atoms with E-state index in [1.807, 2.05) is 0 Å². The van der Waals surface area contributed by atoms with Gasteiger partial charge >= 0.3 is 5.97 Å². The molecule has 2 aliphatic heterocycles. The Labute approximate surface area is 138 Å². The molecule has 1 aromatic rings. The molecule has 6 nitrogen and oxygen atoms in total. The molecule has 1 N–H and O–H groups in total. The van der Waals surface area contributed by atoms with Crippen molar-refractivity contribution in [2.75, 3.05) is 26.3 Å². The first kappa shape index (κ1) is 15.9. The summed E-state index contributed by atoms with van der Waals surface area (Å²) in [4.78, 5) is 25.3. The Bertz CT molecular complexity index is 625. The average Bonchev–Trinajstić information content (AvgIpc) is 2.80. The zero-order valence-corrected chi connectivity index (χ0v) is 13.3. The maximum atomic E-state index is 12.6. The standard InChI is InChI=1S/C16H18ClNO5/c17-12-8-11(9-13-14(12)23-7-1-6-22-13)15(19)18-4-2-10(3-5-18)16(20)21/h8-10H,1-7H2,(H,20,21). The molecule has 3 rings (SSSR count). The molecule has 1 saturated heterocycles. The van der Waals surface area contributed by atoms with Crippen molar-refractivity contribution in [3.63, 3.8) is 0 Å². The predicted octanol–water partition coefficient (Wildman–Crippen LogP) is 2.44. The number of fused-ring (bicyclic) bond motifs is 1. The lowest BCUT2D eigenvalue weighted by Gasteiger charge is -2.30. The van der Waals surface area contributed by atoms with E-state index in [1.165, 1.54) is 0 Å². The van der Waals surface area contributed by atoms with Gasteiger partial charge in [0.15, 0.2) is 11.5 Å². The minimum Gasteiger partial charge on any atom is -0.489 e. The molecular formula is C16H18ClNO5. The lowest BCUT2D eigenvalue weighted by Crippen LogP contribution is -2.40. The first-order valence-corrected chi connectivity index (χ1v) is 8.05. The van der Waals surface area contributed by atoms with E-state index >= 15 is 0 Å². The fourth-order valence-corrected chi connectivity index (χ4v) is 3.13. The topological polar surface area (TPSA) is 76.1 Å². The van der Waals surface area contributed by atoms with Gasteiger partial charge in [-0.25, -0.2) is 0 Å². The van der Waals surface area contributed by atoms with Crippen molar-refractivity contribution in [2.24, 2.45) is 5.92 Å². The Hall–Kier alpha value is -1.95. The SMILES string of the molecule is O=C(O)C1CCN(C(=O)c2cc(Cl)c3c(c2)OCCCO3)CC1. The molecule has 0 spiro atoms. The lowest BCUT2D eigenvalue weighted by atomic mass is 9.96. The van der Waals surface area contributed by atoms with Gasteiger partial charge in [0.2, 0.25) is 0 Å². The highest BCUT2D eigenvalue weighted by Crippen LogP contribution is 2.38. The average molecular weight is 340 g/mol. The minimum absolute atomic E-state index is 0.161. The van der Waals surface area contributed by atoms with Crippen LogP contribution in [0.3, 0.4) is 0 Å². The number of aliphatic carboxylic acids is 1. The number of hydrogen-bond donors (Lipinski definition) is 1. The first-order chi connectivity index (χ1) is 11.1. The van der Waals surface area contributed by atoms with Crippen LogP contribution in [0.4, 0.5) is 0 Å². The summed E-state index contributed by atoms with van der Waals surface area (Å²) in [6, 6.07) is 3.23. The molecule has 0 unspecified atom stereocenters. The molecule has 0 radical (unpaired) electrons. The number of amides is 1. The van der Waals surface area contributed by atoms with Gasteiger partial charge in [-0.1, -0.05) is 11.6 Å². The van der Waals surface area contributed by atoms with Gasteiger partial charge in [0.25, 0.3) is 5.91 Å². The second-order valence-electron chi connectivity index (χ2n) is 5.74. The summed E-state index contributed by atoms with van der Waals surface area (Å²) in [5.74, 6) is -0.363. The number of ether oxygens (including phenoxy) is 2. The van der Waals surface area contributed by atoms with Crippen LogP contribution in [0.25, 0.3) is 0 Å². The van der Waals surface area contributed by atoms with Gasteiger partial charge in [-0.2, -0.15) is 0 Å². The number of halogens is 1. The third kappa shape index (κ3) is 3.37. The fourth-order valence-electron chi connectivity index (χ4n) is 2.87. The van der Waals surface area contributed by atoms with E-state index in [2.05, 4.69) is 0 Å². The molecule has 1 amide bonds. The largest absolute Gasteiger partial charge is 0.489 e. The minimum atomic E-state index is -0.796. The number of carbonyl (C=O) groups is 2. The molecule has 0 saturated carbocycles. The van der Waals surface area contributed by atoms with Crippen LogP contribution in [0.2, 0.25) is 5.02 Å². The van der Waals surface area contributed by atoms with Gasteiger partial charge in [-0.15, -0.1) is 0 Å². The van der Waals surface area contributed by atoms with Crippen LogP contribution >= 0.6 is 11.6 Å². The van der Waals surface area contributed by atoms with Crippen molar-refractivity contribution < 1.29 is 24.2 Å². The normalized spacial score (nSPS) is 18.4. The van der Waals surface area contributed by atoms with Crippen LogP contribution in [-0.2, 0) is 4.79 Å².